The molecule has 0 saturated heterocycles. The van der Waals surface area contributed by atoms with Crippen molar-refractivity contribution in [3.8, 4) is 6.07 Å². The number of hydrogen-bond donors (Lipinski definition) is 1. The summed E-state index contributed by atoms with van der Waals surface area (Å²) in [6.07, 6.45) is 4.52. The lowest BCUT2D eigenvalue weighted by Crippen LogP contribution is -2.32. The molecule has 3 aromatic rings. The summed E-state index contributed by atoms with van der Waals surface area (Å²) in [7, 11) is 0. The average Bonchev–Trinajstić information content (AvgIpc) is 3.53. The highest BCUT2D eigenvalue weighted by atomic mass is 19.3. The first-order chi connectivity index (χ1) is 14.6. The van der Waals surface area contributed by atoms with E-state index in [4.69, 9.17) is 0 Å². The molecule has 2 aromatic heterocycles. The van der Waals surface area contributed by atoms with Gasteiger partial charge < -0.3 is 5.32 Å². The molecule has 1 saturated carbocycles. The van der Waals surface area contributed by atoms with E-state index >= 15 is 0 Å². The Morgan fingerprint density at radius 2 is 1.90 bits per heavy atom. The second-order valence-corrected chi connectivity index (χ2v) is 8.97. The summed E-state index contributed by atoms with van der Waals surface area (Å²) in [4.78, 5) is 12.7. The van der Waals surface area contributed by atoms with Crippen LogP contribution >= 0.6 is 0 Å². The van der Waals surface area contributed by atoms with Gasteiger partial charge in [-0.1, -0.05) is 39.0 Å². The smallest absolute Gasteiger partial charge is 0.280 e. The first-order valence-corrected chi connectivity index (χ1v) is 10.0. The van der Waals surface area contributed by atoms with Crippen LogP contribution in [0, 0.1) is 22.6 Å². The minimum absolute atomic E-state index is 0.0420. The van der Waals surface area contributed by atoms with Crippen molar-refractivity contribution in [1.29, 1.82) is 5.26 Å². The van der Waals surface area contributed by atoms with Gasteiger partial charge in [0.15, 0.2) is 5.65 Å². The molecule has 0 bridgehead atoms. The summed E-state index contributed by atoms with van der Waals surface area (Å²) in [6.45, 7) is 4.09. The SMILES string of the molecule is CC(C)(C)C(F)(F)c1cccc(CNc2ncnc3ncc(C4(C#N)CC4)cc23)c1F. The number of anilines is 1. The summed E-state index contributed by atoms with van der Waals surface area (Å²) in [5.41, 5.74) is -1.24. The predicted octanol–water partition coefficient (Wildman–Crippen LogP) is 5.47. The topological polar surface area (TPSA) is 74.5 Å². The quantitative estimate of drug-likeness (QED) is 0.587. The third-order valence-corrected chi connectivity index (χ3v) is 5.81. The summed E-state index contributed by atoms with van der Waals surface area (Å²) in [5, 5.41) is 13.1. The lowest BCUT2D eigenvalue weighted by molar-refractivity contribution is -0.107. The molecule has 1 aromatic carbocycles. The van der Waals surface area contributed by atoms with E-state index in [9.17, 15) is 18.4 Å². The average molecular weight is 425 g/mol. The predicted molar refractivity (Wildman–Crippen MR) is 111 cm³/mol. The van der Waals surface area contributed by atoms with Crippen LogP contribution in [0.5, 0.6) is 0 Å². The van der Waals surface area contributed by atoms with Gasteiger partial charge in [0.2, 0.25) is 0 Å². The zero-order chi connectivity index (χ0) is 22.4. The number of aromatic nitrogens is 3. The lowest BCUT2D eigenvalue weighted by atomic mass is 9.83. The largest absolute Gasteiger partial charge is 0.365 e. The van der Waals surface area contributed by atoms with Crippen LogP contribution in [0.3, 0.4) is 0 Å². The van der Waals surface area contributed by atoms with E-state index in [1.54, 1.807) is 6.20 Å². The van der Waals surface area contributed by atoms with Gasteiger partial charge >= 0.3 is 0 Å². The number of fused-ring (bicyclic) bond motifs is 1. The van der Waals surface area contributed by atoms with E-state index in [2.05, 4.69) is 26.3 Å². The van der Waals surface area contributed by atoms with Crippen LogP contribution in [0.15, 0.2) is 36.8 Å². The Morgan fingerprint density at radius 1 is 1.16 bits per heavy atom. The zero-order valence-electron chi connectivity index (χ0n) is 17.5. The lowest BCUT2D eigenvalue weighted by Gasteiger charge is -2.31. The Morgan fingerprint density at radius 3 is 2.55 bits per heavy atom. The van der Waals surface area contributed by atoms with Gasteiger partial charge in [-0.15, -0.1) is 0 Å². The number of benzene rings is 1. The van der Waals surface area contributed by atoms with Gasteiger partial charge in [-0.2, -0.15) is 5.26 Å². The number of hydrogen-bond acceptors (Lipinski definition) is 5. The second kappa shape index (κ2) is 7.19. The number of nitrogens with one attached hydrogen (secondary N) is 1. The number of nitriles is 1. The fourth-order valence-corrected chi connectivity index (χ4v) is 3.48. The highest BCUT2D eigenvalue weighted by Gasteiger charge is 2.47. The fourth-order valence-electron chi connectivity index (χ4n) is 3.48. The van der Waals surface area contributed by atoms with Crippen molar-refractivity contribution in [2.75, 3.05) is 5.32 Å². The van der Waals surface area contributed by atoms with Crippen molar-refractivity contribution < 1.29 is 13.2 Å². The van der Waals surface area contributed by atoms with Crippen LogP contribution in [0.1, 0.15) is 50.3 Å². The van der Waals surface area contributed by atoms with Crippen molar-refractivity contribution in [2.45, 2.75) is 51.5 Å². The van der Waals surface area contributed by atoms with Gasteiger partial charge in [0.1, 0.15) is 18.0 Å². The Hall–Kier alpha value is -3.21. The highest BCUT2D eigenvalue weighted by Crippen LogP contribution is 2.48. The molecule has 0 radical (unpaired) electrons. The molecule has 0 spiro atoms. The summed E-state index contributed by atoms with van der Waals surface area (Å²) in [6, 6.07) is 8.16. The van der Waals surface area contributed by atoms with Gasteiger partial charge in [0, 0.05) is 23.7 Å². The molecular formula is C23H22F3N5. The molecule has 160 valence electrons. The van der Waals surface area contributed by atoms with Crippen molar-refractivity contribution in [1.82, 2.24) is 15.0 Å². The molecule has 4 rings (SSSR count). The normalized spacial score (nSPS) is 15.5. The van der Waals surface area contributed by atoms with Crippen molar-refractivity contribution >= 4 is 16.9 Å². The molecule has 5 nitrogen and oxygen atoms in total. The van der Waals surface area contributed by atoms with Gasteiger partial charge in [-0.25, -0.2) is 28.1 Å². The van der Waals surface area contributed by atoms with E-state index in [1.165, 1.54) is 39.2 Å². The summed E-state index contributed by atoms with van der Waals surface area (Å²) in [5.74, 6) is -3.86. The third-order valence-electron chi connectivity index (χ3n) is 5.81. The van der Waals surface area contributed by atoms with Crippen molar-refractivity contribution in [3.63, 3.8) is 0 Å². The van der Waals surface area contributed by atoms with E-state index < -0.39 is 28.1 Å². The standard InChI is InChI=1S/C23H22F3N5/c1-21(2,3)23(25,26)17-6-4-5-14(18(17)24)10-28-19-16-9-15(22(12-27)7-8-22)11-29-20(16)31-13-30-19/h4-6,9,11,13H,7-8,10H2,1-3H3,(H,28,29,30,31). The number of alkyl halides is 2. The fraction of sp³-hybridized carbons (Fsp3) is 0.391. The third kappa shape index (κ3) is 3.58. The van der Waals surface area contributed by atoms with Crippen LogP contribution in [0.2, 0.25) is 0 Å². The van der Waals surface area contributed by atoms with Crippen LogP contribution in [0.4, 0.5) is 19.0 Å². The first kappa shape index (κ1) is 21.0. The van der Waals surface area contributed by atoms with E-state index in [0.29, 0.717) is 16.9 Å². The molecule has 0 aliphatic heterocycles. The molecule has 0 atom stereocenters. The molecule has 1 aliphatic rings. The molecule has 0 unspecified atom stereocenters. The van der Waals surface area contributed by atoms with Gasteiger partial charge in [0.05, 0.1) is 22.4 Å². The van der Waals surface area contributed by atoms with E-state index in [-0.39, 0.29) is 12.1 Å². The monoisotopic (exact) mass is 425 g/mol. The molecule has 1 N–H and O–H groups in total. The maximum atomic E-state index is 15.0. The first-order valence-electron chi connectivity index (χ1n) is 10.0. The van der Waals surface area contributed by atoms with Crippen LogP contribution in [0.25, 0.3) is 11.0 Å². The highest BCUT2D eigenvalue weighted by molar-refractivity contribution is 5.87. The van der Waals surface area contributed by atoms with Crippen LogP contribution in [-0.4, -0.2) is 15.0 Å². The minimum Gasteiger partial charge on any atom is -0.365 e. The molecule has 1 fully saturated rings. The van der Waals surface area contributed by atoms with Crippen molar-refractivity contribution in [3.05, 3.63) is 59.3 Å². The maximum Gasteiger partial charge on any atom is 0.280 e. The number of halogens is 3. The molecule has 2 heterocycles. The summed E-state index contributed by atoms with van der Waals surface area (Å²) >= 11 is 0. The van der Waals surface area contributed by atoms with Gasteiger partial charge in [0.25, 0.3) is 5.92 Å². The Bertz CT molecular complexity index is 1190. The number of nitrogens with zero attached hydrogens (tertiary/aromatic N) is 4. The Balaban J connectivity index is 1.65. The minimum atomic E-state index is -3.33. The number of pyridine rings is 1. The Labute approximate surface area is 178 Å². The van der Waals surface area contributed by atoms with Gasteiger partial charge in [-0.05, 0) is 24.5 Å². The molecule has 8 heteroatoms. The zero-order valence-corrected chi connectivity index (χ0v) is 17.5. The molecule has 1 aliphatic carbocycles. The second-order valence-electron chi connectivity index (χ2n) is 8.97. The Kier molecular flexibility index (Phi) is 4.88. The summed E-state index contributed by atoms with van der Waals surface area (Å²) < 4.78 is 44.5. The molecule has 0 amide bonds. The van der Waals surface area contributed by atoms with Crippen molar-refractivity contribution in [2.24, 2.45) is 5.41 Å². The molecular weight excluding hydrogens is 403 g/mol. The number of rotatable bonds is 5. The van der Waals surface area contributed by atoms with E-state index in [0.717, 1.165) is 24.5 Å². The van der Waals surface area contributed by atoms with Crippen LogP contribution in [-0.2, 0) is 17.9 Å². The van der Waals surface area contributed by atoms with Gasteiger partial charge in [-0.3, -0.25) is 0 Å². The maximum absolute atomic E-state index is 15.0. The van der Waals surface area contributed by atoms with Crippen LogP contribution < -0.4 is 5.32 Å². The molecule has 31 heavy (non-hydrogen) atoms. The van der Waals surface area contributed by atoms with E-state index in [1.807, 2.05) is 6.07 Å².